The number of carbonyl (C=O) groups excluding carboxylic acids is 1. The maximum Gasteiger partial charge on any atom is 0.243 e. The first kappa shape index (κ1) is 20.9. The summed E-state index contributed by atoms with van der Waals surface area (Å²) in [5.74, 6) is 0.0718. The molecule has 1 fully saturated rings. The van der Waals surface area contributed by atoms with Gasteiger partial charge in [0.15, 0.2) is 0 Å². The van der Waals surface area contributed by atoms with Gasteiger partial charge in [0.1, 0.15) is 0 Å². The van der Waals surface area contributed by atoms with E-state index in [0.29, 0.717) is 44.0 Å². The highest BCUT2D eigenvalue weighted by Gasteiger charge is 2.29. The minimum atomic E-state index is -3.48. The van der Waals surface area contributed by atoms with Crippen LogP contribution in [0.3, 0.4) is 0 Å². The molecule has 1 amide bonds. The normalized spacial score (nSPS) is 15.9. The van der Waals surface area contributed by atoms with Crippen LogP contribution in [-0.2, 0) is 14.8 Å². The van der Waals surface area contributed by atoms with Gasteiger partial charge in [-0.1, -0.05) is 6.07 Å². The van der Waals surface area contributed by atoms with Crippen LogP contribution in [0.2, 0.25) is 0 Å². The maximum atomic E-state index is 12.7. The van der Waals surface area contributed by atoms with Crippen LogP contribution >= 0.6 is 12.4 Å². The van der Waals surface area contributed by atoms with Crippen LogP contribution in [0, 0.1) is 13.8 Å². The van der Waals surface area contributed by atoms with Crippen molar-refractivity contribution in [3.63, 3.8) is 0 Å². The molecule has 1 N–H and O–H groups in total. The number of hydrogen-bond acceptors (Lipinski definition) is 4. The minimum absolute atomic E-state index is 0. The highest BCUT2D eigenvalue weighted by Crippen LogP contribution is 2.20. The molecule has 0 atom stereocenters. The Bertz CT molecular complexity index is 671. The summed E-state index contributed by atoms with van der Waals surface area (Å²) in [5.41, 5.74) is 2.04. The lowest BCUT2D eigenvalue weighted by molar-refractivity contribution is -0.132. The van der Waals surface area contributed by atoms with Gasteiger partial charge in [-0.15, -0.1) is 12.4 Å². The van der Waals surface area contributed by atoms with E-state index in [9.17, 15) is 13.2 Å². The Morgan fingerprint density at radius 3 is 2.29 bits per heavy atom. The summed E-state index contributed by atoms with van der Waals surface area (Å²) >= 11 is 0. The Morgan fingerprint density at radius 2 is 1.75 bits per heavy atom. The van der Waals surface area contributed by atoms with Crippen molar-refractivity contribution < 1.29 is 13.2 Å². The van der Waals surface area contributed by atoms with E-state index >= 15 is 0 Å². The number of sulfonamides is 1. The average Bonchev–Trinajstić information content (AvgIpc) is 2.55. The summed E-state index contributed by atoms with van der Waals surface area (Å²) < 4.78 is 26.9. The van der Waals surface area contributed by atoms with Gasteiger partial charge in [0.25, 0.3) is 0 Å². The number of hydrogen-bond donors (Lipinski definition) is 1. The quantitative estimate of drug-likeness (QED) is 0.838. The van der Waals surface area contributed by atoms with Crippen LogP contribution in [0.4, 0.5) is 0 Å². The minimum Gasteiger partial charge on any atom is -0.340 e. The van der Waals surface area contributed by atoms with Gasteiger partial charge >= 0.3 is 0 Å². The Labute approximate surface area is 150 Å². The molecule has 0 spiro atoms. The Hall–Kier alpha value is -1.15. The monoisotopic (exact) mass is 375 g/mol. The molecule has 0 radical (unpaired) electrons. The summed E-state index contributed by atoms with van der Waals surface area (Å²) in [6.07, 6.45) is 0.445. The van der Waals surface area contributed by atoms with Gasteiger partial charge in [-0.3, -0.25) is 4.79 Å². The van der Waals surface area contributed by atoms with Crippen LogP contribution in [0.5, 0.6) is 0 Å². The number of rotatable bonds is 5. The van der Waals surface area contributed by atoms with Crippen LogP contribution in [0.15, 0.2) is 23.1 Å². The van der Waals surface area contributed by atoms with Gasteiger partial charge < -0.3 is 10.2 Å². The zero-order valence-corrected chi connectivity index (χ0v) is 16.0. The zero-order chi connectivity index (χ0) is 17.0. The van der Waals surface area contributed by atoms with Crippen LogP contribution < -0.4 is 5.32 Å². The molecule has 0 unspecified atom stereocenters. The van der Waals surface area contributed by atoms with Gasteiger partial charge in [0, 0.05) is 39.1 Å². The van der Waals surface area contributed by atoms with Crippen molar-refractivity contribution in [3.8, 4) is 0 Å². The van der Waals surface area contributed by atoms with Gasteiger partial charge in [-0.2, -0.15) is 4.31 Å². The largest absolute Gasteiger partial charge is 0.340 e. The smallest absolute Gasteiger partial charge is 0.243 e. The highest BCUT2D eigenvalue weighted by atomic mass is 35.5. The van der Waals surface area contributed by atoms with Crippen molar-refractivity contribution in [2.24, 2.45) is 0 Å². The third kappa shape index (κ3) is 4.69. The zero-order valence-electron chi connectivity index (χ0n) is 14.4. The van der Waals surface area contributed by atoms with E-state index in [2.05, 4.69) is 5.32 Å². The number of nitrogens with zero attached hydrogens (tertiary/aromatic N) is 2. The Kier molecular flexibility index (Phi) is 7.66. The fraction of sp³-hybridized carbons (Fsp3) is 0.562. The molecular weight excluding hydrogens is 350 g/mol. The fourth-order valence-corrected chi connectivity index (χ4v) is 4.10. The number of halogens is 1. The summed E-state index contributed by atoms with van der Waals surface area (Å²) in [5, 5.41) is 2.95. The van der Waals surface area contributed by atoms with E-state index in [0.717, 1.165) is 11.1 Å². The molecule has 0 saturated carbocycles. The van der Waals surface area contributed by atoms with Gasteiger partial charge in [0.2, 0.25) is 15.9 Å². The molecule has 1 aliphatic heterocycles. The maximum absolute atomic E-state index is 12.7. The number of amides is 1. The Morgan fingerprint density at radius 1 is 1.12 bits per heavy atom. The van der Waals surface area contributed by atoms with E-state index in [1.165, 1.54) is 4.31 Å². The molecule has 0 aromatic heterocycles. The first-order valence-corrected chi connectivity index (χ1v) is 9.30. The SMILES string of the molecule is CNCCC(=O)N1CCN(S(=O)(=O)c2ccc(C)c(C)c2)CC1.Cl. The van der Waals surface area contributed by atoms with Gasteiger partial charge in [0.05, 0.1) is 4.90 Å². The van der Waals surface area contributed by atoms with Crippen molar-refractivity contribution in [1.29, 1.82) is 0 Å². The molecule has 1 aromatic carbocycles. The summed E-state index contributed by atoms with van der Waals surface area (Å²) in [6.45, 7) is 6.11. The summed E-state index contributed by atoms with van der Waals surface area (Å²) in [6, 6.07) is 5.21. The number of piperazine rings is 1. The molecule has 0 bridgehead atoms. The topological polar surface area (TPSA) is 69.7 Å². The standard InChI is InChI=1S/C16H25N3O3S.ClH/c1-13-4-5-15(12-14(13)2)23(21,22)19-10-8-18(9-11-19)16(20)6-7-17-3;/h4-5,12,17H,6-11H2,1-3H3;1H. The molecule has 1 saturated heterocycles. The second-order valence-electron chi connectivity index (χ2n) is 5.88. The summed E-state index contributed by atoms with van der Waals surface area (Å²) in [4.78, 5) is 14.1. The van der Waals surface area contributed by atoms with E-state index in [4.69, 9.17) is 0 Å². The molecule has 2 rings (SSSR count). The highest BCUT2D eigenvalue weighted by molar-refractivity contribution is 7.89. The molecule has 1 heterocycles. The number of carbonyl (C=O) groups is 1. The van der Waals surface area contributed by atoms with E-state index < -0.39 is 10.0 Å². The van der Waals surface area contributed by atoms with Crippen molar-refractivity contribution >= 4 is 28.3 Å². The van der Waals surface area contributed by atoms with E-state index in [1.807, 2.05) is 19.9 Å². The van der Waals surface area contributed by atoms with Gasteiger partial charge in [-0.05, 0) is 44.2 Å². The second-order valence-corrected chi connectivity index (χ2v) is 7.82. The number of nitrogens with one attached hydrogen (secondary N) is 1. The van der Waals surface area contributed by atoms with Crippen LogP contribution in [0.1, 0.15) is 17.5 Å². The Balaban J connectivity index is 0.00000288. The average molecular weight is 376 g/mol. The lowest BCUT2D eigenvalue weighted by atomic mass is 10.1. The lowest BCUT2D eigenvalue weighted by Crippen LogP contribution is -2.50. The lowest BCUT2D eigenvalue weighted by Gasteiger charge is -2.34. The van der Waals surface area contributed by atoms with Crippen LogP contribution in [0.25, 0.3) is 0 Å². The molecule has 136 valence electrons. The molecule has 1 aliphatic rings. The van der Waals surface area contributed by atoms with Gasteiger partial charge in [-0.25, -0.2) is 8.42 Å². The van der Waals surface area contributed by atoms with Crippen molar-refractivity contribution in [2.45, 2.75) is 25.2 Å². The molecular formula is C16H26ClN3O3S. The first-order valence-electron chi connectivity index (χ1n) is 7.86. The fourth-order valence-electron chi connectivity index (χ4n) is 2.59. The predicted molar refractivity (Wildman–Crippen MR) is 97.0 cm³/mol. The first-order chi connectivity index (χ1) is 10.9. The van der Waals surface area contributed by atoms with E-state index in [-0.39, 0.29) is 18.3 Å². The van der Waals surface area contributed by atoms with E-state index in [1.54, 1.807) is 24.1 Å². The van der Waals surface area contributed by atoms with Crippen LogP contribution in [-0.4, -0.2) is 63.3 Å². The molecule has 24 heavy (non-hydrogen) atoms. The van der Waals surface area contributed by atoms with Crippen molar-refractivity contribution in [3.05, 3.63) is 29.3 Å². The van der Waals surface area contributed by atoms with Crippen molar-refractivity contribution in [2.75, 3.05) is 39.8 Å². The molecule has 0 aliphatic carbocycles. The number of benzene rings is 1. The molecule has 8 heteroatoms. The molecule has 6 nitrogen and oxygen atoms in total. The molecule has 1 aromatic rings. The summed E-state index contributed by atoms with van der Waals surface area (Å²) in [7, 11) is -1.68. The van der Waals surface area contributed by atoms with Crippen molar-refractivity contribution in [1.82, 2.24) is 14.5 Å². The third-order valence-electron chi connectivity index (χ3n) is 4.30. The third-order valence-corrected chi connectivity index (χ3v) is 6.19. The number of aryl methyl sites for hydroxylation is 2. The second kappa shape index (κ2) is 8.80. The predicted octanol–water partition coefficient (Wildman–Crippen LogP) is 1.17.